The average Bonchev–Trinajstić information content (AvgIpc) is 3.13. The number of carbonyl (C=O) groups is 4. The molecule has 0 saturated heterocycles. The molecule has 242 valence electrons. The Balaban J connectivity index is 1.16. The van der Waals surface area contributed by atoms with Gasteiger partial charge in [-0.15, -0.1) is 0 Å². The first-order valence-corrected chi connectivity index (χ1v) is 14.5. The van der Waals surface area contributed by atoms with Gasteiger partial charge in [0.15, 0.2) is 0 Å². The van der Waals surface area contributed by atoms with Crippen molar-refractivity contribution in [3.63, 3.8) is 0 Å². The normalized spacial score (nSPS) is 10.8. The lowest BCUT2D eigenvalue weighted by Gasteiger charge is -2.08. The molecule has 5 rings (SSSR count). The van der Waals surface area contributed by atoms with Crippen molar-refractivity contribution in [3.8, 4) is 11.5 Å². The molecule has 5 aromatic carbocycles. The second kappa shape index (κ2) is 15.8. The zero-order valence-electron chi connectivity index (χ0n) is 25.4. The second-order valence-electron chi connectivity index (χ2n) is 10.0. The predicted molar refractivity (Wildman–Crippen MR) is 179 cm³/mol. The highest BCUT2D eigenvalue weighted by Gasteiger charge is 2.25. The fourth-order valence-corrected chi connectivity index (χ4v) is 4.19. The maximum Gasteiger partial charge on any atom is 0.350 e. The third-order valence-corrected chi connectivity index (χ3v) is 6.66. The Morgan fingerprint density at radius 1 is 0.571 bits per heavy atom. The van der Waals surface area contributed by atoms with Gasteiger partial charge in [-0.05, 0) is 96.1 Å². The summed E-state index contributed by atoms with van der Waals surface area (Å²) in [5.41, 5.74) is 5.70. The van der Waals surface area contributed by atoms with Crippen molar-refractivity contribution >= 4 is 41.9 Å². The largest absolute Gasteiger partial charge is 0.423 e. The molecule has 2 N–H and O–H groups in total. The van der Waals surface area contributed by atoms with Crippen LogP contribution in [0.3, 0.4) is 0 Å². The summed E-state index contributed by atoms with van der Waals surface area (Å²) in [7, 11) is 0. The molecule has 0 saturated carbocycles. The molecule has 2 amide bonds. The first kappa shape index (κ1) is 33.1. The Labute approximate surface area is 278 Å². The second-order valence-corrected chi connectivity index (χ2v) is 10.0. The number of benzene rings is 5. The van der Waals surface area contributed by atoms with Crippen molar-refractivity contribution in [2.24, 2.45) is 10.2 Å². The number of ether oxygens (including phenoxy) is 2. The molecule has 0 bridgehead atoms. The topological polar surface area (TPSA) is 179 Å². The fourth-order valence-electron chi connectivity index (χ4n) is 4.19. The Morgan fingerprint density at radius 3 is 1.47 bits per heavy atom. The van der Waals surface area contributed by atoms with Crippen LogP contribution in [0.15, 0.2) is 138 Å². The summed E-state index contributed by atoms with van der Waals surface area (Å²) in [6, 6.07) is 32.5. The van der Waals surface area contributed by atoms with Crippen molar-refractivity contribution in [2.45, 2.75) is 0 Å². The van der Waals surface area contributed by atoms with Gasteiger partial charge in [-0.1, -0.05) is 36.4 Å². The molecule has 0 aliphatic heterocycles. The van der Waals surface area contributed by atoms with Crippen LogP contribution in [0.5, 0.6) is 11.5 Å². The first-order chi connectivity index (χ1) is 23.8. The number of hydrogen-bond acceptors (Lipinski definition) is 10. The molecule has 49 heavy (non-hydrogen) atoms. The Kier molecular flexibility index (Phi) is 10.7. The summed E-state index contributed by atoms with van der Waals surface area (Å²) in [6.45, 7) is 0. The molecule has 0 heterocycles. The standard InChI is InChI=1S/C36H25N5O8/c42-33(26-7-3-1-4-8-26)39-37-22-24-11-16-29(17-12-24)48-35(44)28-15-20-31(32(21-28)41(46)47)36(45)49-30-18-13-25(14-19-30)23-38-40-34(43)27-9-5-2-6-10-27/h1-23H,(H,39,42)(H,40,43). The highest BCUT2D eigenvalue weighted by Crippen LogP contribution is 2.24. The van der Waals surface area contributed by atoms with Crippen LogP contribution in [0, 0.1) is 10.1 Å². The summed E-state index contributed by atoms with van der Waals surface area (Å²) >= 11 is 0. The lowest BCUT2D eigenvalue weighted by molar-refractivity contribution is -0.385. The van der Waals surface area contributed by atoms with E-state index in [-0.39, 0.29) is 34.4 Å². The fraction of sp³-hybridized carbons (Fsp3) is 0. The first-order valence-electron chi connectivity index (χ1n) is 14.5. The number of hydrazone groups is 2. The molecule has 0 aromatic heterocycles. The molecule has 0 radical (unpaired) electrons. The van der Waals surface area contributed by atoms with Crippen LogP contribution in [-0.2, 0) is 0 Å². The summed E-state index contributed by atoms with van der Waals surface area (Å²) < 4.78 is 10.6. The van der Waals surface area contributed by atoms with E-state index in [0.717, 1.165) is 12.1 Å². The van der Waals surface area contributed by atoms with Gasteiger partial charge in [0, 0.05) is 17.2 Å². The molecule has 0 unspecified atom stereocenters. The van der Waals surface area contributed by atoms with E-state index in [1.165, 1.54) is 42.8 Å². The Morgan fingerprint density at radius 2 is 1.02 bits per heavy atom. The minimum atomic E-state index is -1.01. The summed E-state index contributed by atoms with van der Waals surface area (Å²) in [4.78, 5) is 60.8. The van der Waals surface area contributed by atoms with E-state index in [1.54, 1.807) is 84.9 Å². The van der Waals surface area contributed by atoms with Crippen molar-refractivity contribution in [3.05, 3.63) is 171 Å². The number of esters is 2. The molecule has 0 spiro atoms. The molecule has 0 aliphatic carbocycles. The van der Waals surface area contributed by atoms with Crippen LogP contribution < -0.4 is 20.3 Å². The van der Waals surface area contributed by atoms with Crippen LogP contribution in [0.25, 0.3) is 0 Å². The van der Waals surface area contributed by atoms with Gasteiger partial charge in [0.2, 0.25) is 0 Å². The number of amides is 2. The Bertz CT molecular complexity index is 2050. The number of hydrogen-bond donors (Lipinski definition) is 2. The summed E-state index contributed by atoms with van der Waals surface area (Å²) in [5, 5.41) is 19.6. The van der Waals surface area contributed by atoms with Crippen LogP contribution in [0.1, 0.15) is 52.6 Å². The molecule has 0 atom stereocenters. The number of nitro benzene ring substituents is 1. The van der Waals surface area contributed by atoms with E-state index < -0.39 is 22.5 Å². The van der Waals surface area contributed by atoms with Gasteiger partial charge < -0.3 is 9.47 Å². The van der Waals surface area contributed by atoms with E-state index in [2.05, 4.69) is 21.1 Å². The van der Waals surface area contributed by atoms with Gasteiger partial charge in [-0.25, -0.2) is 20.4 Å². The van der Waals surface area contributed by atoms with Gasteiger partial charge in [0.25, 0.3) is 17.5 Å². The zero-order chi connectivity index (χ0) is 34.6. The average molecular weight is 656 g/mol. The predicted octanol–water partition coefficient (Wildman–Crippen LogP) is 5.56. The minimum absolute atomic E-state index is 0.0975. The van der Waals surface area contributed by atoms with E-state index in [0.29, 0.717) is 22.3 Å². The van der Waals surface area contributed by atoms with Crippen molar-refractivity contribution < 1.29 is 33.6 Å². The van der Waals surface area contributed by atoms with Gasteiger partial charge in [0.05, 0.1) is 22.9 Å². The van der Waals surface area contributed by atoms with Crippen LogP contribution >= 0.6 is 0 Å². The van der Waals surface area contributed by atoms with E-state index in [1.807, 2.05) is 0 Å². The SMILES string of the molecule is O=C(NN=Cc1ccc(OC(=O)c2ccc(C(=O)Oc3ccc(C=NNC(=O)c4ccccc4)cc3)c([N+](=O)[O-])c2)cc1)c1ccccc1. The van der Waals surface area contributed by atoms with Crippen LogP contribution in [0.2, 0.25) is 0 Å². The van der Waals surface area contributed by atoms with E-state index in [9.17, 15) is 29.3 Å². The summed E-state index contributed by atoms with van der Waals surface area (Å²) in [6.07, 6.45) is 2.80. The molecule has 13 nitrogen and oxygen atoms in total. The highest BCUT2D eigenvalue weighted by molar-refractivity contribution is 5.99. The number of nitro groups is 1. The van der Waals surface area contributed by atoms with Crippen LogP contribution in [-0.4, -0.2) is 41.1 Å². The van der Waals surface area contributed by atoms with E-state index >= 15 is 0 Å². The molecule has 13 heteroatoms. The number of nitrogens with one attached hydrogen (secondary N) is 2. The van der Waals surface area contributed by atoms with Gasteiger partial charge in [0.1, 0.15) is 17.1 Å². The van der Waals surface area contributed by atoms with Crippen molar-refractivity contribution in [1.29, 1.82) is 0 Å². The quantitative estimate of drug-likeness (QED) is 0.0610. The molecular formula is C36H25N5O8. The number of carbonyl (C=O) groups excluding carboxylic acids is 4. The van der Waals surface area contributed by atoms with Crippen LogP contribution in [0.4, 0.5) is 5.69 Å². The molecular weight excluding hydrogens is 630 g/mol. The summed E-state index contributed by atoms with van der Waals surface area (Å²) in [5.74, 6) is -2.42. The van der Waals surface area contributed by atoms with Gasteiger partial charge >= 0.3 is 11.9 Å². The van der Waals surface area contributed by atoms with Gasteiger partial charge in [-0.2, -0.15) is 10.2 Å². The third-order valence-electron chi connectivity index (χ3n) is 6.66. The molecule has 0 fully saturated rings. The van der Waals surface area contributed by atoms with Crippen molar-refractivity contribution in [2.75, 3.05) is 0 Å². The maximum atomic E-state index is 12.8. The van der Waals surface area contributed by atoms with E-state index in [4.69, 9.17) is 9.47 Å². The highest BCUT2D eigenvalue weighted by atomic mass is 16.6. The third kappa shape index (κ3) is 9.14. The minimum Gasteiger partial charge on any atom is -0.423 e. The van der Waals surface area contributed by atoms with Gasteiger partial charge in [-0.3, -0.25) is 19.7 Å². The molecule has 5 aromatic rings. The maximum absolute atomic E-state index is 12.8. The number of rotatable bonds is 11. The zero-order valence-corrected chi connectivity index (χ0v) is 25.4. The molecule has 0 aliphatic rings. The smallest absolute Gasteiger partial charge is 0.350 e. The Hall–Kier alpha value is -7.28. The lowest BCUT2D eigenvalue weighted by atomic mass is 10.1. The lowest BCUT2D eigenvalue weighted by Crippen LogP contribution is -2.17. The number of nitrogens with zero attached hydrogens (tertiary/aromatic N) is 3. The monoisotopic (exact) mass is 655 g/mol. The van der Waals surface area contributed by atoms with Crippen molar-refractivity contribution in [1.82, 2.24) is 10.9 Å².